The van der Waals surface area contributed by atoms with Gasteiger partial charge < -0.3 is 0 Å². The monoisotopic (exact) mass is 137 g/mol. The predicted octanol–water partition coefficient (Wildman–Crippen LogP) is 2.95. The quantitative estimate of drug-likeness (QED) is 0.530. The van der Waals surface area contributed by atoms with Gasteiger partial charge in [0, 0.05) is 11.9 Å². The topological polar surface area (TPSA) is 12.4 Å². The molecule has 0 fully saturated rings. The van der Waals surface area contributed by atoms with E-state index < -0.39 is 0 Å². The molecule has 0 aromatic rings. The Morgan fingerprint density at radius 3 is 2.70 bits per heavy atom. The van der Waals surface area contributed by atoms with Crippen LogP contribution in [0.1, 0.15) is 27.2 Å². The van der Waals surface area contributed by atoms with Crippen LogP contribution in [0.2, 0.25) is 0 Å². The fourth-order valence-corrected chi connectivity index (χ4v) is 0.595. The number of allylic oxidation sites excluding steroid dienone is 4. The number of aliphatic imine (C=N–C) groups is 1. The Morgan fingerprint density at radius 1 is 1.50 bits per heavy atom. The SMILES string of the molecule is C\C=C/C=N\C(C)=C/CC. The van der Waals surface area contributed by atoms with Crippen molar-refractivity contribution in [1.29, 1.82) is 0 Å². The molecule has 0 aromatic carbocycles. The van der Waals surface area contributed by atoms with Gasteiger partial charge in [0.1, 0.15) is 0 Å². The van der Waals surface area contributed by atoms with Crippen molar-refractivity contribution in [3.05, 3.63) is 23.9 Å². The summed E-state index contributed by atoms with van der Waals surface area (Å²) in [5, 5.41) is 0. The van der Waals surface area contributed by atoms with Gasteiger partial charge in [-0.1, -0.05) is 19.1 Å². The largest absolute Gasteiger partial charge is 0.262 e. The Kier molecular flexibility index (Phi) is 5.74. The van der Waals surface area contributed by atoms with E-state index in [0.717, 1.165) is 12.1 Å². The van der Waals surface area contributed by atoms with Crippen molar-refractivity contribution < 1.29 is 0 Å². The third kappa shape index (κ3) is 5.29. The number of hydrogen-bond donors (Lipinski definition) is 0. The highest BCUT2D eigenvalue weighted by Crippen LogP contribution is 1.94. The van der Waals surface area contributed by atoms with Gasteiger partial charge in [-0.2, -0.15) is 0 Å². The van der Waals surface area contributed by atoms with Gasteiger partial charge in [-0.15, -0.1) is 0 Å². The number of rotatable bonds is 3. The van der Waals surface area contributed by atoms with E-state index in [4.69, 9.17) is 0 Å². The fourth-order valence-electron chi connectivity index (χ4n) is 0.595. The van der Waals surface area contributed by atoms with Crippen LogP contribution in [0.15, 0.2) is 28.9 Å². The lowest BCUT2D eigenvalue weighted by Crippen LogP contribution is -1.69. The maximum atomic E-state index is 4.15. The summed E-state index contributed by atoms with van der Waals surface area (Å²) in [6.45, 7) is 6.09. The second-order valence-corrected chi connectivity index (χ2v) is 2.06. The first-order valence-corrected chi connectivity index (χ1v) is 3.63. The van der Waals surface area contributed by atoms with Crippen molar-refractivity contribution in [3.63, 3.8) is 0 Å². The highest BCUT2D eigenvalue weighted by Gasteiger charge is 1.76. The van der Waals surface area contributed by atoms with Crippen molar-refractivity contribution in [2.75, 3.05) is 0 Å². The van der Waals surface area contributed by atoms with Crippen LogP contribution in [-0.2, 0) is 0 Å². The van der Waals surface area contributed by atoms with Gasteiger partial charge in [0.2, 0.25) is 0 Å². The highest BCUT2D eigenvalue weighted by atomic mass is 14.7. The second-order valence-electron chi connectivity index (χ2n) is 2.06. The van der Waals surface area contributed by atoms with Gasteiger partial charge in [0.25, 0.3) is 0 Å². The average molecular weight is 137 g/mol. The number of nitrogens with zero attached hydrogens (tertiary/aromatic N) is 1. The molecule has 0 heterocycles. The van der Waals surface area contributed by atoms with Gasteiger partial charge in [0.05, 0.1) is 0 Å². The van der Waals surface area contributed by atoms with E-state index >= 15 is 0 Å². The molecule has 0 aromatic heterocycles. The predicted molar refractivity (Wildman–Crippen MR) is 47.4 cm³/mol. The lowest BCUT2D eigenvalue weighted by atomic mass is 10.4. The molecule has 0 atom stereocenters. The summed E-state index contributed by atoms with van der Waals surface area (Å²) in [7, 11) is 0. The molecule has 0 aliphatic heterocycles. The summed E-state index contributed by atoms with van der Waals surface area (Å²) in [5.74, 6) is 0. The van der Waals surface area contributed by atoms with Crippen LogP contribution in [-0.4, -0.2) is 6.21 Å². The third-order valence-corrected chi connectivity index (χ3v) is 1.06. The third-order valence-electron chi connectivity index (χ3n) is 1.06. The Hall–Kier alpha value is -0.850. The van der Waals surface area contributed by atoms with Crippen LogP contribution in [0.4, 0.5) is 0 Å². The normalized spacial score (nSPS) is 13.7. The first-order valence-electron chi connectivity index (χ1n) is 3.63. The minimum Gasteiger partial charge on any atom is -0.262 e. The smallest absolute Gasteiger partial charge is 0.0332 e. The minimum atomic E-state index is 1.05. The van der Waals surface area contributed by atoms with Crippen LogP contribution in [0.25, 0.3) is 0 Å². The van der Waals surface area contributed by atoms with Gasteiger partial charge in [-0.05, 0) is 26.3 Å². The van der Waals surface area contributed by atoms with E-state index in [2.05, 4.69) is 18.0 Å². The number of hydrogen-bond acceptors (Lipinski definition) is 1. The van der Waals surface area contributed by atoms with Crippen LogP contribution in [0.3, 0.4) is 0 Å². The molecule has 0 saturated carbocycles. The molecule has 1 heteroatoms. The molecule has 0 saturated heterocycles. The molecule has 0 unspecified atom stereocenters. The fraction of sp³-hybridized carbons (Fsp3) is 0.444. The molecule has 0 aliphatic rings. The lowest BCUT2D eigenvalue weighted by Gasteiger charge is -1.86. The van der Waals surface area contributed by atoms with Gasteiger partial charge in [-0.25, -0.2) is 0 Å². The van der Waals surface area contributed by atoms with Crippen LogP contribution in [0.5, 0.6) is 0 Å². The second kappa shape index (κ2) is 6.27. The molecule has 0 bridgehead atoms. The van der Waals surface area contributed by atoms with Crippen LogP contribution in [0, 0.1) is 0 Å². The zero-order valence-corrected chi connectivity index (χ0v) is 6.96. The average Bonchev–Trinajstić information content (AvgIpc) is 1.89. The summed E-state index contributed by atoms with van der Waals surface area (Å²) in [6.07, 6.45) is 8.84. The van der Waals surface area contributed by atoms with E-state index in [1.165, 1.54) is 0 Å². The molecule has 10 heavy (non-hydrogen) atoms. The molecule has 0 aliphatic carbocycles. The van der Waals surface area contributed by atoms with Gasteiger partial charge >= 0.3 is 0 Å². The Labute approximate surface area is 63.2 Å². The van der Waals surface area contributed by atoms with E-state index in [1.807, 2.05) is 32.2 Å². The highest BCUT2D eigenvalue weighted by molar-refractivity contribution is 5.71. The van der Waals surface area contributed by atoms with E-state index in [0.29, 0.717) is 0 Å². The van der Waals surface area contributed by atoms with Crippen molar-refractivity contribution in [2.45, 2.75) is 27.2 Å². The zero-order valence-electron chi connectivity index (χ0n) is 6.96. The molecule has 56 valence electrons. The van der Waals surface area contributed by atoms with Crippen LogP contribution < -0.4 is 0 Å². The summed E-state index contributed by atoms with van der Waals surface area (Å²) >= 11 is 0. The Morgan fingerprint density at radius 2 is 2.20 bits per heavy atom. The molecule has 0 rings (SSSR count). The minimum absolute atomic E-state index is 1.05. The lowest BCUT2D eigenvalue weighted by molar-refractivity contribution is 1.16. The molecular formula is C9H15N. The first kappa shape index (κ1) is 9.15. The summed E-state index contributed by atoms with van der Waals surface area (Å²) in [6, 6.07) is 0. The molecule has 1 nitrogen and oxygen atoms in total. The first-order chi connectivity index (χ1) is 4.81. The van der Waals surface area contributed by atoms with E-state index in [9.17, 15) is 0 Å². The maximum absolute atomic E-state index is 4.15. The zero-order chi connectivity index (χ0) is 7.82. The molecule has 0 amide bonds. The van der Waals surface area contributed by atoms with Crippen molar-refractivity contribution >= 4 is 6.21 Å². The standard InChI is InChI=1S/C9H15N/c1-4-6-8-10-9(3)7-5-2/h4,6-8H,5H2,1-3H3/b6-4-,9-7-,10-8-. The Balaban J connectivity index is 3.76. The van der Waals surface area contributed by atoms with Crippen molar-refractivity contribution in [2.24, 2.45) is 4.99 Å². The maximum Gasteiger partial charge on any atom is 0.0332 e. The summed E-state index contributed by atoms with van der Waals surface area (Å²) in [5.41, 5.74) is 1.08. The Bertz CT molecular complexity index is 152. The molecule has 0 spiro atoms. The molecule has 0 radical (unpaired) electrons. The summed E-state index contributed by atoms with van der Waals surface area (Å²) < 4.78 is 0. The van der Waals surface area contributed by atoms with Crippen LogP contribution >= 0.6 is 0 Å². The molecular weight excluding hydrogens is 122 g/mol. The van der Waals surface area contributed by atoms with Crippen molar-refractivity contribution in [1.82, 2.24) is 0 Å². The van der Waals surface area contributed by atoms with E-state index in [-0.39, 0.29) is 0 Å². The van der Waals surface area contributed by atoms with Crippen molar-refractivity contribution in [3.8, 4) is 0 Å². The summed E-state index contributed by atoms with van der Waals surface area (Å²) in [4.78, 5) is 4.15. The van der Waals surface area contributed by atoms with E-state index in [1.54, 1.807) is 0 Å². The van der Waals surface area contributed by atoms with Gasteiger partial charge in [-0.3, -0.25) is 4.99 Å². The molecule has 0 N–H and O–H groups in total. The van der Waals surface area contributed by atoms with Gasteiger partial charge in [0.15, 0.2) is 0 Å².